The zero-order chi connectivity index (χ0) is 13.0. The van der Waals surface area contributed by atoms with Gasteiger partial charge in [0.15, 0.2) is 0 Å². The van der Waals surface area contributed by atoms with Gasteiger partial charge in [0.25, 0.3) is 0 Å². The van der Waals surface area contributed by atoms with E-state index in [1.165, 1.54) is 0 Å². The number of ether oxygens (including phenoxy) is 1. The third kappa shape index (κ3) is 3.23. The molecule has 1 saturated carbocycles. The lowest BCUT2D eigenvalue weighted by Gasteiger charge is -2.32. The number of carbonyl (C=O) groups is 2. The Bertz CT molecular complexity index is 426. The second-order valence-corrected chi connectivity index (χ2v) is 4.41. The van der Waals surface area contributed by atoms with Crippen LogP contribution in [0, 0.1) is 5.92 Å². The molecular weight excluding hydrogens is 234 g/mol. The number of alkyl carbamates (subject to hydrolysis) is 1. The third-order valence-electron chi connectivity index (χ3n) is 3.02. The van der Waals surface area contributed by atoms with Crippen molar-refractivity contribution in [2.75, 3.05) is 0 Å². The number of aliphatic carboxylic acids is 1. The van der Waals surface area contributed by atoms with Crippen LogP contribution in [-0.4, -0.2) is 23.2 Å². The topological polar surface area (TPSA) is 75.6 Å². The summed E-state index contributed by atoms with van der Waals surface area (Å²) in [4.78, 5) is 22.0. The summed E-state index contributed by atoms with van der Waals surface area (Å²) in [6, 6.07) is 9.31. The maximum absolute atomic E-state index is 11.4. The van der Waals surface area contributed by atoms with Crippen molar-refractivity contribution in [3.8, 4) is 0 Å². The van der Waals surface area contributed by atoms with Crippen molar-refractivity contribution in [2.24, 2.45) is 5.92 Å². The van der Waals surface area contributed by atoms with Crippen molar-refractivity contribution in [1.29, 1.82) is 0 Å². The van der Waals surface area contributed by atoms with Crippen molar-refractivity contribution in [3.63, 3.8) is 0 Å². The lowest BCUT2D eigenvalue weighted by atomic mass is 9.80. The molecule has 1 amide bonds. The summed E-state index contributed by atoms with van der Waals surface area (Å²) in [7, 11) is 0. The molecule has 0 bridgehead atoms. The fraction of sp³-hybridized carbons (Fsp3) is 0.385. The van der Waals surface area contributed by atoms with Gasteiger partial charge in [0.1, 0.15) is 6.61 Å². The minimum Gasteiger partial charge on any atom is -0.481 e. The Morgan fingerprint density at radius 3 is 2.56 bits per heavy atom. The maximum Gasteiger partial charge on any atom is 0.407 e. The predicted octanol–water partition coefficient (Wildman–Crippen LogP) is 1.78. The lowest BCUT2D eigenvalue weighted by Crippen LogP contribution is -2.46. The normalized spacial score (nSPS) is 21.8. The molecule has 0 radical (unpaired) electrons. The van der Waals surface area contributed by atoms with E-state index in [4.69, 9.17) is 9.84 Å². The maximum atomic E-state index is 11.4. The molecule has 18 heavy (non-hydrogen) atoms. The molecule has 1 aliphatic rings. The number of hydrogen-bond acceptors (Lipinski definition) is 3. The van der Waals surface area contributed by atoms with E-state index in [1.807, 2.05) is 30.3 Å². The smallest absolute Gasteiger partial charge is 0.407 e. The average Bonchev–Trinajstić information content (AvgIpc) is 2.31. The van der Waals surface area contributed by atoms with Gasteiger partial charge in [0.05, 0.1) is 5.92 Å². The number of carbonyl (C=O) groups excluding carboxylic acids is 1. The van der Waals surface area contributed by atoms with Crippen molar-refractivity contribution >= 4 is 12.1 Å². The molecule has 96 valence electrons. The van der Waals surface area contributed by atoms with Crippen LogP contribution in [0.25, 0.3) is 0 Å². The molecule has 1 fully saturated rings. The van der Waals surface area contributed by atoms with Crippen molar-refractivity contribution in [3.05, 3.63) is 35.9 Å². The summed E-state index contributed by atoms with van der Waals surface area (Å²) in [5.41, 5.74) is 0.921. The molecule has 0 spiro atoms. The molecule has 0 aromatic heterocycles. The molecule has 0 atom stereocenters. The van der Waals surface area contributed by atoms with Crippen LogP contribution in [0.2, 0.25) is 0 Å². The molecule has 0 saturated heterocycles. The average molecular weight is 249 g/mol. The van der Waals surface area contributed by atoms with Gasteiger partial charge in [-0.05, 0) is 18.4 Å². The van der Waals surface area contributed by atoms with Gasteiger partial charge in [0.2, 0.25) is 0 Å². The molecule has 1 aliphatic carbocycles. The quantitative estimate of drug-likeness (QED) is 0.852. The van der Waals surface area contributed by atoms with Crippen LogP contribution in [0.15, 0.2) is 30.3 Å². The van der Waals surface area contributed by atoms with Gasteiger partial charge in [-0.15, -0.1) is 0 Å². The largest absolute Gasteiger partial charge is 0.481 e. The van der Waals surface area contributed by atoms with Crippen LogP contribution in [0.5, 0.6) is 0 Å². The molecule has 0 aliphatic heterocycles. The summed E-state index contributed by atoms with van der Waals surface area (Å²) in [6.45, 7) is 0.224. The van der Waals surface area contributed by atoms with E-state index in [0.717, 1.165) is 5.56 Å². The molecule has 5 nitrogen and oxygen atoms in total. The summed E-state index contributed by atoms with van der Waals surface area (Å²) in [6.07, 6.45) is 0.471. The molecule has 0 unspecified atom stereocenters. The fourth-order valence-electron chi connectivity index (χ4n) is 1.87. The van der Waals surface area contributed by atoms with Gasteiger partial charge in [-0.1, -0.05) is 30.3 Å². The third-order valence-corrected chi connectivity index (χ3v) is 3.02. The second-order valence-electron chi connectivity index (χ2n) is 4.41. The molecule has 1 aromatic rings. The second kappa shape index (κ2) is 5.53. The predicted molar refractivity (Wildman–Crippen MR) is 63.9 cm³/mol. The summed E-state index contributed by atoms with van der Waals surface area (Å²) < 4.78 is 5.03. The van der Waals surface area contributed by atoms with Gasteiger partial charge >= 0.3 is 12.1 Å². The highest BCUT2D eigenvalue weighted by molar-refractivity contribution is 5.72. The summed E-state index contributed by atoms with van der Waals surface area (Å²) >= 11 is 0. The first-order valence-electron chi connectivity index (χ1n) is 5.85. The van der Waals surface area contributed by atoms with Gasteiger partial charge < -0.3 is 15.2 Å². The molecule has 5 heteroatoms. The van der Waals surface area contributed by atoms with Crippen LogP contribution in [-0.2, 0) is 16.1 Å². The number of nitrogens with one attached hydrogen (secondary N) is 1. The van der Waals surface area contributed by atoms with Gasteiger partial charge in [0, 0.05) is 6.04 Å². The van der Waals surface area contributed by atoms with Gasteiger partial charge in [-0.3, -0.25) is 4.79 Å². The lowest BCUT2D eigenvalue weighted by molar-refractivity contribution is -0.145. The van der Waals surface area contributed by atoms with Crippen molar-refractivity contribution in [2.45, 2.75) is 25.5 Å². The Balaban J connectivity index is 1.66. The Morgan fingerprint density at radius 2 is 1.94 bits per heavy atom. The Morgan fingerprint density at radius 1 is 1.28 bits per heavy atom. The van der Waals surface area contributed by atoms with Crippen molar-refractivity contribution < 1.29 is 19.4 Å². The Labute approximate surface area is 105 Å². The molecule has 2 rings (SSSR count). The highest BCUT2D eigenvalue weighted by Gasteiger charge is 2.35. The highest BCUT2D eigenvalue weighted by atomic mass is 16.5. The van der Waals surface area contributed by atoms with E-state index >= 15 is 0 Å². The number of benzene rings is 1. The number of amides is 1. The van der Waals surface area contributed by atoms with Gasteiger partial charge in [-0.25, -0.2) is 4.79 Å². The van der Waals surface area contributed by atoms with E-state index in [0.29, 0.717) is 12.8 Å². The van der Waals surface area contributed by atoms with Crippen molar-refractivity contribution in [1.82, 2.24) is 5.32 Å². The summed E-state index contributed by atoms with van der Waals surface area (Å²) in [5, 5.41) is 11.3. The van der Waals surface area contributed by atoms with Crippen LogP contribution >= 0.6 is 0 Å². The molecule has 0 heterocycles. The fourth-order valence-corrected chi connectivity index (χ4v) is 1.87. The van der Waals surface area contributed by atoms with E-state index in [9.17, 15) is 9.59 Å². The van der Waals surface area contributed by atoms with Gasteiger partial charge in [-0.2, -0.15) is 0 Å². The first-order valence-corrected chi connectivity index (χ1v) is 5.85. The van der Waals surface area contributed by atoms with E-state index in [-0.39, 0.29) is 18.6 Å². The van der Waals surface area contributed by atoms with E-state index < -0.39 is 12.1 Å². The number of carboxylic acid groups (broad SMARTS) is 1. The number of carboxylic acids is 1. The zero-order valence-corrected chi connectivity index (χ0v) is 9.83. The standard InChI is InChI=1S/C13H15NO4/c15-12(16)10-6-11(7-10)14-13(17)18-8-9-4-2-1-3-5-9/h1-5,10-11H,6-8H2,(H,14,17)(H,15,16). The van der Waals surface area contributed by atoms with Crippen LogP contribution in [0.4, 0.5) is 4.79 Å². The molecule has 2 N–H and O–H groups in total. The summed E-state index contributed by atoms with van der Waals surface area (Å²) in [5.74, 6) is -1.13. The number of hydrogen-bond donors (Lipinski definition) is 2. The zero-order valence-electron chi connectivity index (χ0n) is 9.83. The monoisotopic (exact) mass is 249 g/mol. The Kier molecular flexibility index (Phi) is 3.82. The Hall–Kier alpha value is -2.04. The van der Waals surface area contributed by atoms with Crippen LogP contribution in [0.3, 0.4) is 0 Å². The SMILES string of the molecule is O=C(NC1CC(C(=O)O)C1)OCc1ccccc1. The minimum absolute atomic E-state index is 0.0747. The first-order chi connectivity index (χ1) is 8.65. The van der Waals surface area contributed by atoms with Crippen LogP contribution in [0.1, 0.15) is 18.4 Å². The molecule has 1 aromatic carbocycles. The number of rotatable bonds is 4. The van der Waals surface area contributed by atoms with E-state index in [2.05, 4.69) is 5.32 Å². The first kappa shape index (κ1) is 12.4. The highest BCUT2D eigenvalue weighted by Crippen LogP contribution is 2.27. The van der Waals surface area contributed by atoms with E-state index in [1.54, 1.807) is 0 Å². The molecular formula is C13H15NO4. The van der Waals surface area contributed by atoms with Crippen LogP contribution < -0.4 is 5.32 Å². The minimum atomic E-state index is -0.800.